The van der Waals surface area contributed by atoms with E-state index in [0.717, 1.165) is 22.0 Å². The number of fused-ring (bicyclic) bond motifs is 4. The van der Waals surface area contributed by atoms with Crippen molar-refractivity contribution in [1.29, 1.82) is 0 Å². The molecule has 0 radical (unpaired) electrons. The average Bonchev–Trinajstić information content (AvgIpc) is 3.56. The van der Waals surface area contributed by atoms with Gasteiger partial charge in [-0.15, -0.1) is 0 Å². The van der Waals surface area contributed by atoms with E-state index in [1.54, 1.807) is 42.5 Å². The summed E-state index contributed by atoms with van der Waals surface area (Å²) in [6.45, 7) is 0. The molecule has 6 atom stereocenters. The molecule has 286 valence electrons. The van der Waals surface area contributed by atoms with E-state index in [-0.39, 0.29) is 40.7 Å². The van der Waals surface area contributed by atoms with E-state index in [1.807, 2.05) is 6.08 Å². The van der Waals surface area contributed by atoms with E-state index in [9.17, 15) is 34.5 Å². The molecule has 13 nitrogen and oxygen atoms in total. The summed E-state index contributed by atoms with van der Waals surface area (Å²) in [5, 5.41) is 32.5. The molecule has 2 aliphatic carbocycles. The fourth-order valence-electron chi connectivity index (χ4n) is 9.20. The Morgan fingerprint density at radius 1 is 0.839 bits per heavy atom. The Hall–Kier alpha value is -6.05. The molecule has 0 bridgehead atoms. The van der Waals surface area contributed by atoms with Gasteiger partial charge in [0.1, 0.15) is 17.1 Å². The third-order valence-corrected chi connectivity index (χ3v) is 12.1. The molecule has 2 saturated heterocycles. The lowest BCUT2D eigenvalue weighted by Crippen LogP contribution is -2.53. The molecule has 3 fully saturated rings. The topological polar surface area (TPSA) is 183 Å². The second-order valence-corrected chi connectivity index (χ2v) is 15.0. The van der Waals surface area contributed by atoms with Gasteiger partial charge in [0.2, 0.25) is 11.8 Å². The first kappa shape index (κ1) is 36.9. The van der Waals surface area contributed by atoms with Crippen LogP contribution in [0.4, 0.5) is 11.4 Å². The Balaban J connectivity index is 1.32. The largest absolute Gasteiger partial charge is 0.507 e. The Morgan fingerprint density at radius 3 is 2.23 bits per heavy atom. The van der Waals surface area contributed by atoms with Gasteiger partial charge in [-0.25, -0.2) is 9.69 Å². The molecular formula is C41H33Cl2N3O10. The number of rotatable bonds is 8. The van der Waals surface area contributed by atoms with E-state index in [4.69, 9.17) is 32.7 Å². The van der Waals surface area contributed by atoms with Crippen molar-refractivity contribution in [2.75, 3.05) is 24.5 Å². The summed E-state index contributed by atoms with van der Waals surface area (Å²) in [5.41, 5.74) is 2.67. The predicted octanol–water partition coefficient (Wildman–Crippen LogP) is 6.31. The Bertz CT molecular complexity index is 2400. The number of anilines is 2. The number of hydrogen-bond acceptors (Lipinski definition) is 10. The second kappa shape index (κ2) is 13.6. The number of ether oxygens (including phenoxy) is 2. The van der Waals surface area contributed by atoms with E-state index in [1.165, 1.54) is 38.5 Å². The van der Waals surface area contributed by atoms with Gasteiger partial charge in [-0.2, -0.15) is 5.01 Å². The highest BCUT2D eigenvalue weighted by molar-refractivity contribution is 6.36. The number of phenolic OH excluding ortho intramolecular Hbond substituents is 1. The number of benzene rings is 4. The number of aromatic hydroxyl groups is 2. The molecule has 4 aromatic rings. The number of imide groups is 2. The number of nitrogens with one attached hydrogen (secondary N) is 1. The quantitative estimate of drug-likeness (QED) is 0.116. The molecule has 0 aromatic heterocycles. The van der Waals surface area contributed by atoms with Gasteiger partial charge in [0, 0.05) is 17.0 Å². The Morgan fingerprint density at radius 2 is 1.59 bits per heavy atom. The number of hydrazine groups is 1. The fraction of sp³-hybridized carbons (Fsp3) is 0.244. The number of halogens is 2. The van der Waals surface area contributed by atoms with Crippen molar-refractivity contribution in [3.8, 4) is 23.0 Å². The highest BCUT2D eigenvalue weighted by atomic mass is 35.5. The number of methoxy groups -OCH3 is 2. The lowest BCUT2D eigenvalue weighted by Gasteiger charge is -2.50. The van der Waals surface area contributed by atoms with Crippen LogP contribution in [0.2, 0.25) is 10.0 Å². The molecular weight excluding hydrogens is 765 g/mol. The standard InChI is InChI=1S/C41H33Cl2N3O10/c1-55-23-8-4-20(5-9-23)41-28(37(50)46(40(41)54)44-30-13-6-21(42)16-29(30)43)18-27-24(35(41)19-3-14-33(56-2)32(48)15-19)11-12-26-34(27)38(51)45(36(26)49)22-7-10-25(39(52)53)31(47)17-22/h3-11,13-17,26-28,34-35,44,47-48H,12,18H2,1-2H3,(H,52,53). The number of amides is 4. The van der Waals surface area contributed by atoms with Crippen LogP contribution in [0.5, 0.6) is 23.0 Å². The van der Waals surface area contributed by atoms with Crippen molar-refractivity contribution < 1.29 is 48.8 Å². The molecule has 56 heavy (non-hydrogen) atoms. The van der Waals surface area contributed by atoms with Gasteiger partial charge in [-0.05, 0) is 84.5 Å². The summed E-state index contributed by atoms with van der Waals surface area (Å²) in [4.78, 5) is 71.5. The number of carboxylic acid groups (broad SMARTS) is 1. The number of hydrogen-bond donors (Lipinski definition) is 4. The fourth-order valence-corrected chi connectivity index (χ4v) is 9.65. The van der Waals surface area contributed by atoms with Crippen LogP contribution < -0.4 is 19.8 Å². The van der Waals surface area contributed by atoms with E-state index in [2.05, 4.69) is 5.43 Å². The molecule has 6 unspecified atom stereocenters. The molecule has 4 aromatic carbocycles. The average molecular weight is 799 g/mol. The molecule has 2 heterocycles. The van der Waals surface area contributed by atoms with Crippen molar-refractivity contribution in [1.82, 2.24) is 5.01 Å². The van der Waals surface area contributed by atoms with E-state index in [0.29, 0.717) is 27.5 Å². The Labute approximate surface area is 329 Å². The van der Waals surface area contributed by atoms with Crippen molar-refractivity contribution in [2.45, 2.75) is 24.2 Å². The molecule has 4 amide bonds. The second-order valence-electron chi connectivity index (χ2n) is 14.2. The minimum absolute atomic E-state index is 0.000745. The van der Waals surface area contributed by atoms with Crippen molar-refractivity contribution in [3.05, 3.63) is 117 Å². The number of allylic oxidation sites excluding steroid dienone is 2. The van der Waals surface area contributed by atoms with Crippen LogP contribution in [0.3, 0.4) is 0 Å². The summed E-state index contributed by atoms with van der Waals surface area (Å²) < 4.78 is 10.8. The summed E-state index contributed by atoms with van der Waals surface area (Å²) in [6.07, 6.45) is 1.93. The molecule has 8 rings (SSSR count). The molecule has 15 heteroatoms. The van der Waals surface area contributed by atoms with Crippen molar-refractivity contribution in [2.24, 2.45) is 23.7 Å². The van der Waals surface area contributed by atoms with E-state index < -0.39 is 75.9 Å². The third kappa shape index (κ3) is 5.40. The first-order valence-corrected chi connectivity index (χ1v) is 18.3. The number of carbonyl (C=O) groups excluding carboxylic acids is 4. The first-order chi connectivity index (χ1) is 26.8. The maximum Gasteiger partial charge on any atom is 0.339 e. The smallest absolute Gasteiger partial charge is 0.339 e. The van der Waals surface area contributed by atoms with Gasteiger partial charge in [0.05, 0.1) is 53.8 Å². The first-order valence-electron chi connectivity index (χ1n) is 17.6. The molecule has 0 spiro atoms. The van der Waals surface area contributed by atoms with Crippen LogP contribution in [0.1, 0.15) is 40.2 Å². The Kier molecular flexibility index (Phi) is 8.97. The maximum atomic E-state index is 15.4. The SMILES string of the molecule is COc1ccc(C23C(=O)N(Nc4ccc(Cl)cc4Cl)C(=O)C2CC2C(=CCC4C(=O)N(c5ccc(C(=O)O)c(O)c5)C(=O)C42)C3c2ccc(OC)c(O)c2)cc1. The number of carbonyl (C=O) groups is 5. The zero-order valence-electron chi connectivity index (χ0n) is 29.7. The van der Waals surface area contributed by atoms with Crippen LogP contribution in [-0.2, 0) is 24.6 Å². The third-order valence-electron chi connectivity index (χ3n) is 11.6. The zero-order valence-corrected chi connectivity index (χ0v) is 31.2. The number of phenols is 2. The highest BCUT2D eigenvalue weighted by Gasteiger charge is 2.70. The molecule has 4 N–H and O–H groups in total. The van der Waals surface area contributed by atoms with Gasteiger partial charge in [0.15, 0.2) is 11.5 Å². The lowest BCUT2D eigenvalue weighted by atomic mass is 9.49. The number of nitrogens with zero attached hydrogens (tertiary/aromatic N) is 2. The predicted molar refractivity (Wildman–Crippen MR) is 203 cm³/mol. The van der Waals surface area contributed by atoms with Crippen LogP contribution in [0.25, 0.3) is 0 Å². The normalized spacial score (nSPS) is 25.4. The number of carboxylic acids is 1. The van der Waals surface area contributed by atoms with Gasteiger partial charge in [-0.3, -0.25) is 24.6 Å². The van der Waals surface area contributed by atoms with Crippen LogP contribution in [0.15, 0.2) is 90.5 Å². The molecule has 1 saturated carbocycles. The minimum atomic E-state index is -1.66. The summed E-state index contributed by atoms with van der Waals surface area (Å²) >= 11 is 12.7. The summed E-state index contributed by atoms with van der Waals surface area (Å²) in [7, 11) is 2.91. The highest BCUT2D eigenvalue weighted by Crippen LogP contribution is 2.64. The van der Waals surface area contributed by atoms with Crippen LogP contribution in [-0.4, -0.2) is 64.1 Å². The summed E-state index contributed by atoms with van der Waals surface area (Å²) in [5.74, 6) is -8.56. The zero-order chi connectivity index (χ0) is 39.8. The number of aromatic carboxylic acids is 1. The van der Waals surface area contributed by atoms with Gasteiger partial charge >= 0.3 is 5.97 Å². The molecule has 4 aliphatic rings. The van der Waals surface area contributed by atoms with Gasteiger partial charge < -0.3 is 24.8 Å². The minimum Gasteiger partial charge on any atom is -0.507 e. The van der Waals surface area contributed by atoms with Crippen molar-refractivity contribution >= 4 is 64.2 Å². The lowest BCUT2D eigenvalue weighted by molar-refractivity contribution is -0.138. The van der Waals surface area contributed by atoms with Crippen LogP contribution >= 0.6 is 23.2 Å². The molecule has 2 aliphatic heterocycles. The summed E-state index contributed by atoms with van der Waals surface area (Å²) in [6, 6.07) is 19.6. The maximum absolute atomic E-state index is 15.4. The van der Waals surface area contributed by atoms with Gasteiger partial charge in [-0.1, -0.05) is 53.1 Å². The van der Waals surface area contributed by atoms with Gasteiger partial charge in [0.25, 0.3) is 11.8 Å². The van der Waals surface area contributed by atoms with Crippen LogP contribution in [0, 0.1) is 23.7 Å². The monoisotopic (exact) mass is 797 g/mol. The van der Waals surface area contributed by atoms with Crippen molar-refractivity contribution in [3.63, 3.8) is 0 Å². The van der Waals surface area contributed by atoms with E-state index >= 15 is 4.79 Å².